The summed E-state index contributed by atoms with van der Waals surface area (Å²) < 4.78 is 1.85. The van der Waals surface area contributed by atoms with Gasteiger partial charge in [-0.2, -0.15) is 5.10 Å². The Hall–Kier alpha value is -2.14. The molecule has 0 spiro atoms. The Kier molecular flexibility index (Phi) is 4.20. The summed E-state index contributed by atoms with van der Waals surface area (Å²) in [5.74, 6) is -0.0696. The fourth-order valence-corrected chi connectivity index (χ4v) is 1.67. The highest BCUT2D eigenvalue weighted by Gasteiger charge is 2.25. The molecule has 1 heterocycles. The van der Waals surface area contributed by atoms with Gasteiger partial charge in [0, 0.05) is 24.6 Å². The van der Waals surface area contributed by atoms with E-state index >= 15 is 0 Å². The predicted octanol–water partition coefficient (Wildman–Crippen LogP) is 1.85. The zero-order chi connectivity index (χ0) is 14.6. The second kappa shape index (κ2) is 5.88. The monoisotopic (exact) mass is 272 g/mol. The summed E-state index contributed by atoms with van der Waals surface area (Å²) in [6, 6.07) is 9.63. The fraction of sp³-hybridized carbons (Fsp3) is 0.333. The maximum absolute atomic E-state index is 12.0. The molecule has 0 fully saturated rings. The molecule has 1 aromatic heterocycles. The maximum atomic E-state index is 12.0. The zero-order valence-electron chi connectivity index (χ0n) is 11.8. The highest BCUT2D eigenvalue weighted by Crippen LogP contribution is 2.17. The number of aromatic nitrogens is 2. The molecule has 2 aromatic rings. The molecule has 5 heteroatoms. The normalized spacial score (nSPS) is 11.3. The summed E-state index contributed by atoms with van der Waals surface area (Å²) in [6.45, 7) is 4.69. The number of amides is 1. The minimum absolute atomic E-state index is 0.0696. The van der Waals surface area contributed by atoms with Crippen molar-refractivity contribution in [1.82, 2.24) is 9.78 Å². The smallest absolute Gasteiger partial charge is 0.231 e. The Balaban J connectivity index is 2.00. The molecule has 0 aliphatic heterocycles. The molecule has 0 saturated heterocycles. The minimum atomic E-state index is -0.562. The van der Waals surface area contributed by atoms with Crippen LogP contribution < -0.4 is 11.1 Å². The number of rotatable bonds is 5. The lowest BCUT2D eigenvalue weighted by Crippen LogP contribution is -2.37. The lowest BCUT2D eigenvalue weighted by atomic mass is 9.92. The van der Waals surface area contributed by atoms with Crippen LogP contribution in [-0.4, -0.2) is 22.2 Å². The van der Waals surface area contributed by atoms with E-state index in [-0.39, 0.29) is 5.91 Å². The average molecular weight is 272 g/mol. The largest absolute Gasteiger partial charge is 0.329 e. The van der Waals surface area contributed by atoms with Gasteiger partial charge in [-0.05, 0) is 37.6 Å². The first-order chi connectivity index (χ1) is 9.51. The van der Waals surface area contributed by atoms with Crippen LogP contribution in [0, 0.1) is 5.41 Å². The molecule has 1 aromatic carbocycles. The van der Waals surface area contributed by atoms with E-state index in [1.54, 1.807) is 6.20 Å². The van der Waals surface area contributed by atoms with E-state index in [0.717, 1.165) is 17.8 Å². The number of nitrogens with two attached hydrogens (primary N) is 1. The van der Waals surface area contributed by atoms with E-state index in [4.69, 9.17) is 5.73 Å². The highest BCUT2D eigenvalue weighted by molar-refractivity contribution is 5.94. The number of hydrogen-bond acceptors (Lipinski definition) is 3. The van der Waals surface area contributed by atoms with Gasteiger partial charge in [-0.1, -0.05) is 12.1 Å². The van der Waals surface area contributed by atoms with Crippen LogP contribution in [0.5, 0.6) is 0 Å². The molecule has 2 rings (SSSR count). The molecule has 3 N–H and O–H groups in total. The lowest BCUT2D eigenvalue weighted by Gasteiger charge is -2.21. The Morgan fingerprint density at radius 3 is 2.60 bits per heavy atom. The molecule has 0 aliphatic carbocycles. The van der Waals surface area contributed by atoms with E-state index < -0.39 is 5.41 Å². The fourth-order valence-electron chi connectivity index (χ4n) is 1.67. The summed E-state index contributed by atoms with van der Waals surface area (Å²) >= 11 is 0. The van der Waals surface area contributed by atoms with Crippen LogP contribution >= 0.6 is 0 Å². The van der Waals surface area contributed by atoms with Gasteiger partial charge in [-0.15, -0.1) is 0 Å². The molecule has 0 atom stereocenters. The van der Waals surface area contributed by atoms with Crippen LogP contribution in [0.4, 0.5) is 5.69 Å². The van der Waals surface area contributed by atoms with Gasteiger partial charge in [-0.3, -0.25) is 9.48 Å². The first kappa shape index (κ1) is 14.3. The summed E-state index contributed by atoms with van der Waals surface area (Å²) in [5, 5.41) is 7.04. The molecular formula is C15H20N4O. The summed E-state index contributed by atoms with van der Waals surface area (Å²) in [4.78, 5) is 12.0. The first-order valence-electron chi connectivity index (χ1n) is 6.59. The van der Waals surface area contributed by atoms with Crippen LogP contribution in [0.1, 0.15) is 19.4 Å². The molecule has 1 amide bonds. The second-order valence-electron chi connectivity index (χ2n) is 5.44. The van der Waals surface area contributed by atoms with Gasteiger partial charge in [0.2, 0.25) is 5.91 Å². The third-order valence-electron chi connectivity index (χ3n) is 3.24. The highest BCUT2D eigenvalue weighted by atomic mass is 16.2. The predicted molar refractivity (Wildman–Crippen MR) is 79.2 cm³/mol. The van der Waals surface area contributed by atoms with Crippen LogP contribution in [-0.2, 0) is 11.3 Å². The maximum Gasteiger partial charge on any atom is 0.231 e. The third-order valence-corrected chi connectivity index (χ3v) is 3.24. The standard InChI is InChI=1S/C15H20N4O/c1-15(2,11-16)14(20)18-13-6-4-12(5-7-13)10-19-9-3-8-17-19/h3-9H,10-11,16H2,1-2H3,(H,18,20). The van der Waals surface area contributed by atoms with Crippen LogP contribution in [0.15, 0.2) is 42.7 Å². The van der Waals surface area contributed by atoms with Crippen molar-refractivity contribution in [3.05, 3.63) is 48.3 Å². The Morgan fingerprint density at radius 1 is 1.35 bits per heavy atom. The van der Waals surface area contributed by atoms with Gasteiger partial charge < -0.3 is 11.1 Å². The SMILES string of the molecule is CC(C)(CN)C(=O)Nc1ccc(Cn2cccn2)cc1. The quantitative estimate of drug-likeness (QED) is 0.872. The third kappa shape index (κ3) is 3.45. The summed E-state index contributed by atoms with van der Waals surface area (Å²) in [7, 11) is 0. The van der Waals surface area contributed by atoms with Gasteiger partial charge in [0.1, 0.15) is 0 Å². The molecule has 106 valence electrons. The molecule has 0 saturated carbocycles. The second-order valence-corrected chi connectivity index (χ2v) is 5.44. The van der Waals surface area contributed by atoms with Gasteiger partial charge in [-0.25, -0.2) is 0 Å². The van der Waals surface area contributed by atoms with Crippen molar-refractivity contribution >= 4 is 11.6 Å². The molecular weight excluding hydrogens is 252 g/mol. The van der Waals surface area contributed by atoms with Crippen molar-refractivity contribution in [1.29, 1.82) is 0 Å². The van der Waals surface area contributed by atoms with Crippen LogP contribution in [0.3, 0.4) is 0 Å². The van der Waals surface area contributed by atoms with Crippen molar-refractivity contribution in [2.24, 2.45) is 11.1 Å². The van der Waals surface area contributed by atoms with Crippen molar-refractivity contribution in [2.45, 2.75) is 20.4 Å². The Morgan fingerprint density at radius 2 is 2.05 bits per heavy atom. The number of nitrogens with one attached hydrogen (secondary N) is 1. The van der Waals surface area contributed by atoms with E-state index in [1.807, 2.05) is 55.1 Å². The topological polar surface area (TPSA) is 72.9 Å². The van der Waals surface area contributed by atoms with Crippen molar-refractivity contribution in [3.8, 4) is 0 Å². The molecule has 0 unspecified atom stereocenters. The number of hydrogen-bond donors (Lipinski definition) is 2. The van der Waals surface area contributed by atoms with Crippen molar-refractivity contribution in [3.63, 3.8) is 0 Å². The zero-order valence-corrected chi connectivity index (χ0v) is 11.8. The van der Waals surface area contributed by atoms with Crippen molar-refractivity contribution in [2.75, 3.05) is 11.9 Å². The lowest BCUT2D eigenvalue weighted by molar-refractivity contribution is -0.123. The first-order valence-corrected chi connectivity index (χ1v) is 6.59. The number of carbonyl (C=O) groups excluding carboxylic acids is 1. The van der Waals surface area contributed by atoms with Crippen molar-refractivity contribution < 1.29 is 4.79 Å². The molecule has 20 heavy (non-hydrogen) atoms. The molecule has 0 radical (unpaired) electrons. The summed E-state index contributed by atoms with van der Waals surface area (Å²) in [6.07, 6.45) is 3.67. The minimum Gasteiger partial charge on any atom is -0.329 e. The number of carbonyl (C=O) groups is 1. The number of benzene rings is 1. The van der Waals surface area contributed by atoms with Crippen LogP contribution in [0.2, 0.25) is 0 Å². The molecule has 0 bridgehead atoms. The molecule has 5 nitrogen and oxygen atoms in total. The van der Waals surface area contributed by atoms with Gasteiger partial charge >= 0.3 is 0 Å². The Labute approximate surface area is 118 Å². The van der Waals surface area contributed by atoms with E-state index in [2.05, 4.69) is 10.4 Å². The number of nitrogens with zero attached hydrogens (tertiary/aromatic N) is 2. The van der Waals surface area contributed by atoms with E-state index in [9.17, 15) is 4.79 Å². The molecule has 0 aliphatic rings. The van der Waals surface area contributed by atoms with E-state index in [0.29, 0.717) is 6.54 Å². The van der Waals surface area contributed by atoms with Gasteiger partial charge in [0.15, 0.2) is 0 Å². The summed E-state index contributed by atoms with van der Waals surface area (Å²) in [5.41, 5.74) is 6.94. The van der Waals surface area contributed by atoms with Gasteiger partial charge in [0.05, 0.1) is 12.0 Å². The van der Waals surface area contributed by atoms with Gasteiger partial charge in [0.25, 0.3) is 0 Å². The number of anilines is 1. The van der Waals surface area contributed by atoms with E-state index in [1.165, 1.54) is 0 Å². The van der Waals surface area contributed by atoms with Crippen LogP contribution in [0.25, 0.3) is 0 Å². The Bertz CT molecular complexity index is 558. The average Bonchev–Trinajstić information content (AvgIpc) is 2.94.